The Morgan fingerprint density at radius 2 is 1.60 bits per heavy atom. The predicted molar refractivity (Wildman–Crippen MR) is 64.8 cm³/mol. The van der Waals surface area contributed by atoms with Gasteiger partial charge < -0.3 is 5.32 Å². The minimum absolute atomic E-state index is 0.0779. The van der Waals surface area contributed by atoms with Crippen molar-refractivity contribution in [2.24, 2.45) is 0 Å². The summed E-state index contributed by atoms with van der Waals surface area (Å²) in [5.74, 6) is -4.81. The molecule has 0 unspecified atom stereocenters. The second kappa shape index (κ2) is 5.61. The minimum Gasteiger partial charge on any atom is -0.379 e. The molecule has 0 radical (unpaired) electrons. The summed E-state index contributed by atoms with van der Waals surface area (Å²) in [6.45, 7) is -0.0864. The van der Waals surface area contributed by atoms with Crippen LogP contribution in [0.25, 0.3) is 0 Å². The summed E-state index contributed by atoms with van der Waals surface area (Å²) < 4.78 is 52.3. The number of benzene rings is 2. The molecule has 0 saturated heterocycles. The molecule has 2 nitrogen and oxygen atoms in total. The molecule has 2 aromatic carbocycles. The Hall–Kier alpha value is -2.55. The van der Waals surface area contributed by atoms with Crippen molar-refractivity contribution in [1.29, 1.82) is 5.26 Å². The molecule has 0 aliphatic heterocycles. The number of nitriles is 1. The van der Waals surface area contributed by atoms with E-state index in [0.29, 0.717) is 0 Å². The van der Waals surface area contributed by atoms with Crippen molar-refractivity contribution in [3.05, 3.63) is 64.7 Å². The Kier molecular flexibility index (Phi) is 3.89. The largest absolute Gasteiger partial charge is 0.379 e. The Bertz CT molecular complexity index is 669. The zero-order valence-electron chi connectivity index (χ0n) is 10.1. The zero-order valence-corrected chi connectivity index (χ0v) is 10.1. The Morgan fingerprint density at radius 3 is 2.15 bits per heavy atom. The molecule has 0 fully saturated rings. The topological polar surface area (TPSA) is 35.8 Å². The lowest BCUT2D eigenvalue weighted by molar-refractivity contribution is 0.445. The van der Waals surface area contributed by atoms with Crippen LogP contribution in [0.5, 0.6) is 0 Å². The van der Waals surface area contributed by atoms with Gasteiger partial charge in [-0.05, 0) is 35.9 Å². The van der Waals surface area contributed by atoms with Crippen LogP contribution in [0.4, 0.5) is 23.2 Å². The van der Waals surface area contributed by atoms with Crippen molar-refractivity contribution in [3.63, 3.8) is 0 Å². The lowest BCUT2D eigenvalue weighted by atomic mass is 10.2. The summed E-state index contributed by atoms with van der Waals surface area (Å²) >= 11 is 0. The summed E-state index contributed by atoms with van der Waals surface area (Å²) in [4.78, 5) is 0. The maximum absolute atomic E-state index is 13.5. The molecule has 0 saturated carbocycles. The summed E-state index contributed by atoms with van der Waals surface area (Å²) in [7, 11) is 0. The molecule has 20 heavy (non-hydrogen) atoms. The summed E-state index contributed by atoms with van der Waals surface area (Å²) in [6.07, 6.45) is 0. The molecule has 6 heteroatoms. The fraction of sp³-hybridized carbons (Fsp3) is 0.0714. The Morgan fingerprint density at radius 1 is 0.950 bits per heavy atom. The standard InChI is InChI=1S/C14H8F4N2/c15-10-3-8(6-19)1-2-13(10)20-7-9-4-11(16)14(18)12(17)5-9/h1-5,20H,7H2. The number of hydrogen-bond donors (Lipinski definition) is 1. The van der Waals surface area contributed by atoms with Gasteiger partial charge >= 0.3 is 0 Å². The van der Waals surface area contributed by atoms with Crippen molar-refractivity contribution in [2.45, 2.75) is 6.54 Å². The molecule has 0 bridgehead atoms. The molecule has 2 aromatic rings. The van der Waals surface area contributed by atoms with Gasteiger partial charge in [0, 0.05) is 6.54 Å². The first-order valence-electron chi connectivity index (χ1n) is 5.58. The van der Waals surface area contributed by atoms with Gasteiger partial charge in [-0.1, -0.05) is 0 Å². The van der Waals surface area contributed by atoms with Gasteiger partial charge in [0.2, 0.25) is 0 Å². The molecule has 0 atom stereocenters. The van der Waals surface area contributed by atoms with Crippen LogP contribution in [-0.2, 0) is 6.54 Å². The number of anilines is 1. The van der Waals surface area contributed by atoms with Gasteiger partial charge in [0.05, 0.1) is 17.3 Å². The third kappa shape index (κ3) is 2.88. The average Bonchev–Trinajstić information content (AvgIpc) is 2.43. The fourth-order valence-electron chi connectivity index (χ4n) is 1.64. The van der Waals surface area contributed by atoms with E-state index in [2.05, 4.69) is 5.32 Å². The quantitative estimate of drug-likeness (QED) is 0.687. The van der Waals surface area contributed by atoms with Crippen molar-refractivity contribution in [3.8, 4) is 6.07 Å². The van der Waals surface area contributed by atoms with E-state index in [-0.39, 0.29) is 23.4 Å². The smallest absolute Gasteiger partial charge is 0.194 e. The number of halogens is 4. The van der Waals surface area contributed by atoms with Crippen molar-refractivity contribution < 1.29 is 17.6 Å². The normalized spacial score (nSPS) is 10.2. The molecule has 0 aliphatic carbocycles. The van der Waals surface area contributed by atoms with Crippen LogP contribution in [0.3, 0.4) is 0 Å². The van der Waals surface area contributed by atoms with Gasteiger partial charge in [0.15, 0.2) is 17.5 Å². The molecule has 0 aliphatic rings. The maximum atomic E-state index is 13.5. The highest BCUT2D eigenvalue weighted by Crippen LogP contribution is 2.18. The minimum atomic E-state index is -1.54. The van der Waals surface area contributed by atoms with Crippen LogP contribution >= 0.6 is 0 Å². The SMILES string of the molecule is N#Cc1ccc(NCc2cc(F)c(F)c(F)c2)c(F)c1. The van der Waals surface area contributed by atoms with Crippen LogP contribution in [-0.4, -0.2) is 0 Å². The molecular formula is C14H8F4N2. The molecule has 0 aromatic heterocycles. The lowest BCUT2D eigenvalue weighted by Crippen LogP contribution is -2.04. The molecule has 0 spiro atoms. The Labute approximate surface area is 112 Å². The first-order valence-corrected chi connectivity index (χ1v) is 5.58. The second-order valence-corrected chi connectivity index (χ2v) is 4.03. The van der Waals surface area contributed by atoms with E-state index in [1.807, 2.05) is 0 Å². The summed E-state index contributed by atoms with van der Waals surface area (Å²) in [5, 5.41) is 11.2. The van der Waals surface area contributed by atoms with Gasteiger partial charge in [-0.3, -0.25) is 0 Å². The van der Waals surface area contributed by atoms with E-state index >= 15 is 0 Å². The van der Waals surface area contributed by atoms with Crippen LogP contribution in [0.15, 0.2) is 30.3 Å². The molecule has 102 valence electrons. The van der Waals surface area contributed by atoms with E-state index in [1.165, 1.54) is 12.1 Å². The summed E-state index contributed by atoms with van der Waals surface area (Å²) in [6, 6.07) is 7.21. The van der Waals surface area contributed by atoms with Crippen LogP contribution in [0.2, 0.25) is 0 Å². The molecular weight excluding hydrogens is 272 g/mol. The van der Waals surface area contributed by atoms with E-state index < -0.39 is 23.3 Å². The first-order chi connectivity index (χ1) is 9.51. The highest BCUT2D eigenvalue weighted by Gasteiger charge is 2.11. The maximum Gasteiger partial charge on any atom is 0.194 e. The number of hydrogen-bond acceptors (Lipinski definition) is 2. The second-order valence-electron chi connectivity index (χ2n) is 4.03. The van der Waals surface area contributed by atoms with E-state index in [9.17, 15) is 17.6 Å². The molecule has 2 rings (SSSR count). The monoisotopic (exact) mass is 280 g/mol. The highest BCUT2D eigenvalue weighted by molar-refractivity contribution is 5.49. The number of nitrogens with zero attached hydrogens (tertiary/aromatic N) is 1. The predicted octanol–water partition coefficient (Wildman–Crippen LogP) is 3.73. The number of nitrogens with one attached hydrogen (secondary N) is 1. The molecule has 0 amide bonds. The van der Waals surface area contributed by atoms with Gasteiger partial charge in [0.1, 0.15) is 5.82 Å². The lowest BCUT2D eigenvalue weighted by Gasteiger charge is -2.08. The van der Waals surface area contributed by atoms with E-state index in [0.717, 1.165) is 18.2 Å². The van der Waals surface area contributed by atoms with Crippen molar-refractivity contribution in [1.82, 2.24) is 0 Å². The van der Waals surface area contributed by atoms with Gasteiger partial charge in [-0.25, -0.2) is 17.6 Å². The third-order valence-corrected chi connectivity index (χ3v) is 2.62. The van der Waals surface area contributed by atoms with Crippen LogP contribution < -0.4 is 5.32 Å². The van der Waals surface area contributed by atoms with Crippen LogP contribution in [0, 0.1) is 34.6 Å². The molecule has 0 heterocycles. The number of rotatable bonds is 3. The third-order valence-electron chi connectivity index (χ3n) is 2.62. The fourth-order valence-corrected chi connectivity index (χ4v) is 1.64. The first kappa shape index (κ1) is 13.9. The zero-order chi connectivity index (χ0) is 14.7. The molecule has 1 N–H and O–H groups in total. The van der Waals surface area contributed by atoms with Gasteiger partial charge in [-0.15, -0.1) is 0 Å². The average molecular weight is 280 g/mol. The van der Waals surface area contributed by atoms with E-state index in [1.54, 1.807) is 6.07 Å². The van der Waals surface area contributed by atoms with Crippen molar-refractivity contribution >= 4 is 5.69 Å². The van der Waals surface area contributed by atoms with Crippen LogP contribution in [0.1, 0.15) is 11.1 Å². The van der Waals surface area contributed by atoms with Crippen molar-refractivity contribution in [2.75, 3.05) is 5.32 Å². The highest BCUT2D eigenvalue weighted by atomic mass is 19.2. The van der Waals surface area contributed by atoms with Gasteiger partial charge in [0.25, 0.3) is 0 Å². The summed E-state index contributed by atoms with van der Waals surface area (Å²) in [5.41, 5.74) is 0.367. The van der Waals surface area contributed by atoms with E-state index in [4.69, 9.17) is 5.26 Å². The van der Waals surface area contributed by atoms with Gasteiger partial charge in [-0.2, -0.15) is 5.26 Å². The Balaban J connectivity index is 2.15.